The molecule has 0 radical (unpaired) electrons. The van der Waals surface area contributed by atoms with Gasteiger partial charge in [-0.15, -0.1) is 0 Å². The number of aryl methyl sites for hydroxylation is 2. The van der Waals surface area contributed by atoms with Crippen LogP contribution in [0, 0.1) is 6.92 Å². The maximum atomic E-state index is 5.31. The minimum absolute atomic E-state index is 0.585. The van der Waals surface area contributed by atoms with Crippen LogP contribution in [0.2, 0.25) is 0 Å². The highest BCUT2D eigenvalue weighted by molar-refractivity contribution is 5.36. The Bertz CT molecular complexity index is 621. The topological polar surface area (TPSA) is 21.3 Å². The lowest BCUT2D eigenvalue weighted by Gasteiger charge is -2.25. The molecule has 3 rings (SSSR count). The van der Waals surface area contributed by atoms with Crippen LogP contribution in [-0.4, -0.2) is 13.2 Å². The number of nitrogens with one attached hydrogen (secondary N) is 1. The van der Waals surface area contributed by atoms with Gasteiger partial charge in [-0.1, -0.05) is 36.4 Å². The largest absolute Gasteiger partial charge is 0.496 e. The third-order valence-corrected chi connectivity index (χ3v) is 4.40. The van der Waals surface area contributed by atoms with Crippen LogP contribution in [0.4, 0.5) is 0 Å². The summed E-state index contributed by atoms with van der Waals surface area (Å²) in [6.45, 7) is 3.02. The van der Waals surface area contributed by atoms with Crippen molar-refractivity contribution in [2.75, 3.05) is 7.11 Å². The predicted octanol–water partition coefficient (Wildman–Crippen LogP) is 3.65. The van der Waals surface area contributed by atoms with Gasteiger partial charge in [0.05, 0.1) is 7.11 Å². The standard InChI is InChI=1S/C19H23NO/c1-14-11-15(7-10-19(14)21-2)13-20-18-9-8-16-5-3-4-6-17(16)12-18/h3-7,10-11,18,20H,8-9,12-13H2,1-2H3. The highest BCUT2D eigenvalue weighted by Crippen LogP contribution is 2.22. The molecular weight excluding hydrogens is 258 g/mol. The summed E-state index contributed by atoms with van der Waals surface area (Å²) < 4.78 is 5.31. The Morgan fingerprint density at radius 3 is 2.71 bits per heavy atom. The van der Waals surface area contributed by atoms with Crippen LogP contribution >= 0.6 is 0 Å². The molecule has 110 valence electrons. The molecule has 0 spiro atoms. The zero-order valence-electron chi connectivity index (χ0n) is 12.9. The number of rotatable bonds is 4. The van der Waals surface area contributed by atoms with Crippen LogP contribution in [0.15, 0.2) is 42.5 Å². The van der Waals surface area contributed by atoms with Crippen LogP contribution in [0.5, 0.6) is 5.75 Å². The summed E-state index contributed by atoms with van der Waals surface area (Å²) >= 11 is 0. The number of methoxy groups -OCH3 is 1. The van der Waals surface area contributed by atoms with Gasteiger partial charge in [0.1, 0.15) is 5.75 Å². The highest BCUT2D eigenvalue weighted by atomic mass is 16.5. The summed E-state index contributed by atoms with van der Waals surface area (Å²) in [5, 5.41) is 3.70. The van der Waals surface area contributed by atoms with Gasteiger partial charge in [-0.2, -0.15) is 0 Å². The Hall–Kier alpha value is -1.80. The van der Waals surface area contributed by atoms with E-state index < -0.39 is 0 Å². The normalized spacial score (nSPS) is 17.3. The monoisotopic (exact) mass is 281 g/mol. The third kappa shape index (κ3) is 3.27. The fraction of sp³-hybridized carbons (Fsp3) is 0.368. The van der Waals surface area contributed by atoms with Crippen LogP contribution in [0.3, 0.4) is 0 Å². The lowest BCUT2D eigenvalue weighted by molar-refractivity contribution is 0.411. The number of hydrogen-bond donors (Lipinski definition) is 1. The third-order valence-electron chi connectivity index (χ3n) is 4.40. The maximum Gasteiger partial charge on any atom is 0.121 e. The van der Waals surface area contributed by atoms with Gasteiger partial charge in [-0.25, -0.2) is 0 Å². The summed E-state index contributed by atoms with van der Waals surface area (Å²) in [6.07, 6.45) is 3.56. The Morgan fingerprint density at radius 1 is 1.14 bits per heavy atom. The van der Waals surface area contributed by atoms with E-state index in [0.717, 1.165) is 18.7 Å². The van der Waals surface area contributed by atoms with Gasteiger partial charge in [0.15, 0.2) is 0 Å². The summed E-state index contributed by atoms with van der Waals surface area (Å²) in [5.41, 5.74) is 5.56. The van der Waals surface area contributed by atoms with Crippen molar-refractivity contribution in [2.45, 2.75) is 38.8 Å². The summed E-state index contributed by atoms with van der Waals surface area (Å²) in [4.78, 5) is 0. The molecule has 0 aliphatic heterocycles. The van der Waals surface area contributed by atoms with Crippen molar-refractivity contribution in [3.8, 4) is 5.75 Å². The molecule has 0 saturated heterocycles. The second-order valence-corrected chi connectivity index (χ2v) is 5.89. The van der Waals surface area contributed by atoms with Gasteiger partial charge in [-0.05, 0) is 54.5 Å². The van der Waals surface area contributed by atoms with Gasteiger partial charge < -0.3 is 10.1 Å². The van der Waals surface area contributed by atoms with E-state index in [-0.39, 0.29) is 0 Å². The zero-order valence-corrected chi connectivity index (χ0v) is 12.9. The van der Waals surface area contributed by atoms with Gasteiger partial charge in [0, 0.05) is 12.6 Å². The summed E-state index contributed by atoms with van der Waals surface area (Å²) in [6, 6.07) is 15.8. The summed E-state index contributed by atoms with van der Waals surface area (Å²) in [7, 11) is 1.72. The van der Waals surface area contributed by atoms with Gasteiger partial charge in [0.25, 0.3) is 0 Å². The molecule has 2 aromatic rings. The van der Waals surface area contributed by atoms with E-state index in [1.807, 2.05) is 0 Å². The van der Waals surface area contributed by atoms with E-state index >= 15 is 0 Å². The molecule has 1 atom stereocenters. The zero-order chi connectivity index (χ0) is 14.7. The Labute approximate surface area is 127 Å². The fourth-order valence-corrected chi connectivity index (χ4v) is 3.18. The second-order valence-electron chi connectivity index (χ2n) is 5.89. The Kier molecular flexibility index (Phi) is 4.26. The molecular formula is C19H23NO. The molecule has 2 nitrogen and oxygen atoms in total. The highest BCUT2D eigenvalue weighted by Gasteiger charge is 2.17. The SMILES string of the molecule is COc1ccc(CNC2CCc3ccccc3C2)cc1C. The molecule has 21 heavy (non-hydrogen) atoms. The van der Waals surface area contributed by atoms with Crippen molar-refractivity contribution >= 4 is 0 Å². The fourth-order valence-electron chi connectivity index (χ4n) is 3.18. The average molecular weight is 281 g/mol. The quantitative estimate of drug-likeness (QED) is 0.923. The molecule has 0 amide bonds. The summed E-state index contributed by atoms with van der Waals surface area (Å²) in [5.74, 6) is 0.963. The van der Waals surface area contributed by atoms with E-state index in [9.17, 15) is 0 Å². The van der Waals surface area contributed by atoms with Crippen molar-refractivity contribution in [2.24, 2.45) is 0 Å². The molecule has 1 aliphatic rings. The van der Waals surface area contributed by atoms with Crippen molar-refractivity contribution in [3.05, 3.63) is 64.7 Å². The van der Waals surface area contributed by atoms with Crippen molar-refractivity contribution in [1.82, 2.24) is 5.32 Å². The number of benzene rings is 2. The van der Waals surface area contributed by atoms with Gasteiger partial charge in [0.2, 0.25) is 0 Å². The lowest BCUT2D eigenvalue weighted by Crippen LogP contribution is -2.34. The number of ether oxygens (including phenoxy) is 1. The first-order chi connectivity index (χ1) is 10.3. The molecule has 0 bridgehead atoms. The lowest BCUT2D eigenvalue weighted by atomic mass is 9.88. The van der Waals surface area contributed by atoms with Crippen LogP contribution in [0.25, 0.3) is 0 Å². The predicted molar refractivity (Wildman–Crippen MR) is 86.8 cm³/mol. The van der Waals surface area contributed by atoms with Gasteiger partial charge >= 0.3 is 0 Å². The average Bonchev–Trinajstić information content (AvgIpc) is 2.53. The number of fused-ring (bicyclic) bond motifs is 1. The smallest absolute Gasteiger partial charge is 0.121 e. The van der Waals surface area contributed by atoms with Crippen LogP contribution in [0.1, 0.15) is 28.7 Å². The number of hydrogen-bond acceptors (Lipinski definition) is 2. The van der Waals surface area contributed by atoms with Crippen LogP contribution < -0.4 is 10.1 Å². The molecule has 1 aliphatic carbocycles. The molecule has 1 N–H and O–H groups in total. The van der Waals surface area contributed by atoms with Crippen molar-refractivity contribution in [1.29, 1.82) is 0 Å². The molecule has 2 heteroatoms. The van der Waals surface area contributed by atoms with E-state index in [2.05, 4.69) is 54.7 Å². The molecule has 0 saturated carbocycles. The Balaban J connectivity index is 1.60. The minimum atomic E-state index is 0.585. The van der Waals surface area contributed by atoms with Crippen LogP contribution in [-0.2, 0) is 19.4 Å². The van der Waals surface area contributed by atoms with Gasteiger partial charge in [-0.3, -0.25) is 0 Å². The first kappa shape index (κ1) is 14.2. The van der Waals surface area contributed by atoms with E-state index in [1.165, 1.54) is 35.1 Å². The molecule has 0 fully saturated rings. The first-order valence-corrected chi connectivity index (χ1v) is 7.70. The van der Waals surface area contributed by atoms with E-state index in [1.54, 1.807) is 7.11 Å². The van der Waals surface area contributed by atoms with E-state index in [0.29, 0.717) is 6.04 Å². The molecule has 0 heterocycles. The molecule has 2 aromatic carbocycles. The van der Waals surface area contributed by atoms with Crippen molar-refractivity contribution < 1.29 is 4.74 Å². The van der Waals surface area contributed by atoms with E-state index in [4.69, 9.17) is 4.74 Å². The maximum absolute atomic E-state index is 5.31. The first-order valence-electron chi connectivity index (χ1n) is 7.70. The molecule has 0 aromatic heterocycles. The van der Waals surface area contributed by atoms with Crippen molar-refractivity contribution in [3.63, 3.8) is 0 Å². The Morgan fingerprint density at radius 2 is 1.95 bits per heavy atom. The minimum Gasteiger partial charge on any atom is -0.496 e. The second kappa shape index (κ2) is 6.31. The molecule has 1 unspecified atom stereocenters.